The molecule has 0 unspecified atom stereocenters. The molecule has 0 heterocycles. The van der Waals surface area contributed by atoms with Gasteiger partial charge in [0.25, 0.3) is 11.8 Å². The van der Waals surface area contributed by atoms with Crippen LogP contribution in [0.25, 0.3) is 0 Å². The number of hydrogen-bond donors (Lipinski definition) is 2. The number of hydrogen-bond acceptors (Lipinski definition) is 4. The molecular formula is C23H20F2N2O4. The fourth-order valence-corrected chi connectivity index (χ4v) is 2.87. The Morgan fingerprint density at radius 2 is 1.61 bits per heavy atom. The van der Waals surface area contributed by atoms with E-state index in [2.05, 4.69) is 15.4 Å². The molecule has 160 valence electrons. The molecule has 2 N–H and O–H groups in total. The van der Waals surface area contributed by atoms with E-state index in [-0.39, 0.29) is 29.5 Å². The first kappa shape index (κ1) is 21.8. The van der Waals surface area contributed by atoms with Gasteiger partial charge >= 0.3 is 6.61 Å². The van der Waals surface area contributed by atoms with Crippen molar-refractivity contribution in [2.75, 3.05) is 12.4 Å². The van der Waals surface area contributed by atoms with Crippen LogP contribution >= 0.6 is 0 Å². The molecule has 0 aliphatic heterocycles. The topological polar surface area (TPSA) is 76.7 Å². The Morgan fingerprint density at radius 3 is 2.32 bits per heavy atom. The number of ether oxygens (including phenoxy) is 2. The quantitative estimate of drug-likeness (QED) is 0.557. The highest BCUT2D eigenvalue weighted by Crippen LogP contribution is 2.29. The van der Waals surface area contributed by atoms with E-state index in [1.807, 2.05) is 0 Å². The van der Waals surface area contributed by atoms with Crippen LogP contribution in [0.3, 0.4) is 0 Å². The van der Waals surface area contributed by atoms with Gasteiger partial charge in [-0.25, -0.2) is 0 Å². The van der Waals surface area contributed by atoms with Gasteiger partial charge in [-0.2, -0.15) is 8.78 Å². The van der Waals surface area contributed by atoms with Gasteiger partial charge in [0, 0.05) is 12.1 Å². The molecule has 0 saturated carbocycles. The number of rotatable bonds is 8. The molecular weight excluding hydrogens is 406 g/mol. The zero-order valence-corrected chi connectivity index (χ0v) is 16.6. The summed E-state index contributed by atoms with van der Waals surface area (Å²) in [5.41, 5.74) is 1.75. The number of benzene rings is 3. The standard InChI is InChI=1S/C23H20F2N2O4/c1-30-20-13-15(11-12-19(20)31-23(24)25)14-26-22(29)17-9-5-6-10-18(17)27-21(28)16-7-3-2-4-8-16/h2-13,23H,14H2,1H3,(H,26,29)(H,27,28). The van der Waals surface area contributed by atoms with Gasteiger partial charge in [-0.3, -0.25) is 9.59 Å². The number of carbonyl (C=O) groups excluding carboxylic acids is 2. The molecule has 31 heavy (non-hydrogen) atoms. The van der Waals surface area contributed by atoms with Crippen molar-refractivity contribution in [1.29, 1.82) is 0 Å². The second kappa shape index (κ2) is 10.2. The van der Waals surface area contributed by atoms with Crippen molar-refractivity contribution < 1.29 is 27.8 Å². The summed E-state index contributed by atoms with van der Waals surface area (Å²) in [7, 11) is 1.34. The van der Waals surface area contributed by atoms with E-state index < -0.39 is 12.5 Å². The maximum Gasteiger partial charge on any atom is 0.387 e. The summed E-state index contributed by atoms with van der Waals surface area (Å²) in [6.45, 7) is -2.85. The molecule has 3 aromatic rings. The van der Waals surface area contributed by atoms with Gasteiger partial charge in [-0.05, 0) is 42.0 Å². The van der Waals surface area contributed by atoms with Crippen molar-refractivity contribution in [3.05, 3.63) is 89.5 Å². The zero-order chi connectivity index (χ0) is 22.2. The number of para-hydroxylation sites is 1. The molecule has 0 aliphatic carbocycles. The summed E-state index contributed by atoms with van der Waals surface area (Å²) in [4.78, 5) is 25.1. The summed E-state index contributed by atoms with van der Waals surface area (Å²) in [5, 5.41) is 5.49. The monoisotopic (exact) mass is 426 g/mol. The minimum Gasteiger partial charge on any atom is -0.493 e. The third-order valence-electron chi connectivity index (χ3n) is 4.35. The molecule has 0 saturated heterocycles. The van der Waals surface area contributed by atoms with Gasteiger partial charge in [0.15, 0.2) is 11.5 Å². The van der Waals surface area contributed by atoms with Gasteiger partial charge in [0.1, 0.15) is 0 Å². The SMILES string of the molecule is COc1cc(CNC(=O)c2ccccc2NC(=O)c2ccccc2)ccc1OC(F)F. The Kier molecular flexibility index (Phi) is 7.16. The van der Waals surface area contributed by atoms with E-state index in [0.29, 0.717) is 16.8 Å². The number of halogens is 2. The van der Waals surface area contributed by atoms with Gasteiger partial charge in [0.05, 0.1) is 18.4 Å². The fraction of sp³-hybridized carbons (Fsp3) is 0.130. The number of alkyl halides is 2. The molecule has 0 radical (unpaired) electrons. The van der Waals surface area contributed by atoms with Crippen LogP contribution in [0.2, 0.25) is 0 Å². The second-order valence-electron chi connectivity index (χ2n) is 6.41. The van der Waals surface area contributed by atoms with Crippen LogP contribution in [-0.2, 0) is 6.54 Å². The van der Waals surface area contributed by atoms with Gasteiger partial charge in [-0.1, -0.05) is 36.4 Å². The highest BCUT2D eigenvalue weighted by molar-refractivity contribution is 6.08. The maximum absolute atomic E-state index is 12.7. The van der Waals surface area contributed by atoms with Crippen molar-refractivity contribution >= 4 is 17.5 Å². The largest absolute Gasteiger partial charge is 0.493 e. The molecule has 0 bridgehead atoms. The summed E-state index contributed by atoms with van der Waals surface area (Å²) >= 11 is 0. The van der Waals surface area contributed by atoms with Crippen molar-refractivity contribution in [2.45, 2.75) is 13.2 Å². The first-order valence-electron chi connectivity index (χ1n) is 9.33. The van der Waals surface area contributed by atoms with Crippen molar-refractivity contribution in [3.63, 3.8) is 0 Å². The first-order chi connectivity index (χ1) is 15.0. The Morgan fingerprint density at radius 1 is 0.903 bits per heavy atom. The van der Waals surface area contributed by atoms with E-state index in [1.165, 1.54) is 19.2 Å². The lowest BCUT2D eigenvalue weighted by Gasteiger charge is -2.13. The summed E-state index contributed by atoms with van der Waals surface area (Å²) in [5.74, 6) is -0.708. The molecule has 8 heteroatoms. The Balaban J connectivity index is 1.69. The fourth-order valence-electron chi connectivity index (χ4n) is 2.87. The maximum atomic E-state index is 12.7. The number of amides is 2. The van der Waals surface area contributed by atoms with E-state index in [0.717, 1.165) is 0 Å². The number of nitrogens with one attached hydrogen (secondary N) is 2. The number of methoxy groups -OCH3 is 1. The average molecular weight is 426 g/mol. The predicted octanol–water partition coefficient (Wildman–Crippen LogP) is 4.48. The summed E-state index contributed by atoms with van der Waals surface area (Å²) < 4.78 is 34.4. The molecule has 0 spiro atoms. The van der Waals surface area contributed by atoms with E-state index >= 15 is 0 Å². The van der Waals surface area contributed by atoms with Crippen LogP contribution in [0.15, 0.2) is 72.8 Å². The molecule has 3 rings (SSSR count). The van der Waals surface area contributed by atoms with Crippen LogP contribution in [0.4, 0.5) is 14.5 Å². The molecule has 0 aliphatic rings. The predicted molar refractivity (Wildman–Crippen MR) is 112 cm³/mol. The third-order valence-corrected chi connectivity index (χ3v) is 4.35. The third kappa shape index (κ3) is 5.79. The lowest BCUT2D eigenvalue weighted by molar-refractivity contribution is -0.0512. The first-order valence-corrected chi connectivity index (χ1v) is 9.33. The Labute approximate surface area is 177 Å². The number of carbonyl (C=O) groups is 2. The minimum absolute atomic E-state index is 0.0958. The zero-order valence-electron chi connectivity index (χ0n) is 16.6. The van der Waals surface area contributed by atoms with E-state index in [1.54, 1.807) is 60.7 Å². The Hall–Kier alpha value is -3.94. The van der Waals surface area contributed by atoms with Crippen LogP contribution < -0.4 is 20.1 Å². The second-order valence-corrected chi connectivity index (χ2v) is 6.41. The van der Waals surface area contributed by atoms with E-state index in [4.69, 9.17) is 4.74 Å². The van der Waals surface area contributed by atoms with E-state index in [9.17, 15) is 18.4 Å². The molecule has 0 aromatic heterocycles. The molecule has 0 fully saturated rings. The summed E-state index contributed by atoms with van der Waals surface area (Å²) in [6.07, 6.45) is 0. The van der Waals surface area contributed by atoms with Crippen LogP contribution in [0, 0.1) is 0 Å². The van der Waals surface area contributed by atoms with Crippen molar-refractivity contribution in [2.24, 2.45) is 0 Å². The lowest BCUT2D eigenvalue weighted by Crippen LogP contribution is -2.25. The van der Waals surface area contributed by atoms with Crippen LogP contribution in [0.5, 0.6) is 11.5 Å². The van der Waals surface area contributed by atoms with Crippen LogP contribution in [-0.4, -0.2) is 25.5 Å². The van der Waals surface area contributed by atoms with Gasteiger partial charge < -0.3 is 20.1 Å². The minimum atomic E-state index is -2.97. The normalized spacial score (nSPS) is 10.5. The molecule has 2 amide bonds. The number of anilines is 1. The smallest absolute Gasteiger partial charge is 0.387 e. The molecule has 0 atom stereocenters. The van der Waals surface area contributed by atoms with Gasteiger partial charge in [-0.15, -0.1) is 0 Å². The van der Waals surface area contributed by atoms with Gasteiger partial charge in [0.2, 0.25) is 0 Å². The molecule has 6 nitrogen and oxygen atoms in total. The summed E-state index contributed by atoms with van der Waals surface area (Å²) in [6, 6.07) is 19.7. The highest BCUT2D eigenvalue weighted by Gasteiger charge is 2.15. The molecule has 3 aromatic carbocycles. The average Bonchev–Trinajstić information content (AvgIpc) is 2.78. The van der Waals surface area contributed by atoms with Crippen LogP contribution in [0.1, 0.15) is 26.3 Å². The van der Waals surface area contributed by atoms with Crippen molar-refractivity contribution in [1.82, 2.24) is 5.32 Å². The van der Waals surface area contributed by atoms with Crippen molar-refractivity contribution in [3.8, 4) is 11.5 Å². The highest BCUT2D eigenvalue weighted by atomic mass is 19.3. The Bertz CT molecular complexity index is 1060. The lowest BCUT2D eigenvalue weighted by atomic mass is 10.1.